The van der Waals surface area contributed by atoms with E-state index in [1.54, 1.807) is 27.7 Å². The summed E-state index contributed by atoms with van der Waals surface area (Å²) in [6.45, 7) is 6.68. The molecule has 1 N–H and O–H groups in total. The summed E-state index contributed by atoms with van der Waals surface area (Å²) < 4.78 is 25.3. The highest BCUT2D eigenvalue weighted by Crippen LogP contribution is 2.26. The van der Waals surface area contributed by atoms with Gasteiger partial charge >= 0.3 is 0 Å². The van der Waals surface area contributed by atoms with Crippen LogP contribution in [-0.4, -0.2) is 47.6 Å². The molecular formula is C11H21NO4S. The fourth-order valence-electron chi connectivity index (χ4n) is 1.98. The van der Waals surface area contributed by atoms with E-state index in [2.05, 4.69) is 0 Å². The van der Waals surface area contributed by atoms with Gasteiger partial charge in [-0.15, -0.1) is 0 Å². The van der Waals surface area contributed by atoms with E-state index in [0.717, 1.165) is 0 Å². The third-order valence-electron chi connectivity index (χ3n) is 3.05. The van der Waals surface area contributed by atoms with E-state index in [0.29, 0.717) is 0 Å². The molecule has 1 unspecified atom stereocenters. The van der Waals surface area contributed by atoms with Crippen molar-refractivity contribution in [2.75, 3.05) is 6.54 Å². The van der Waals surface area contributed by atoms with Crippen molar-refractivity contribution in [2.45, 2.75) is 51.5 Å². The summed E-state index contributed by atoms with van der Waals surface area (Å²) in [6.07, 6.45) is -0.528. The number of hydrogen-bond acceptors (Lipinski definition) is 4. The zero-order chi connectivity index (χ0) is 13.4. The van der Waals surface area contributed by atoms with Crippen LogP contribution in [0.4, 0.5) is 0 Å². The molecule has 1 heterocycles. The molecule has 1 aliphatic rings. The van der Waals surface area contributed by atoms with Gasteiger partial charge < -0.3 is 5.11 Å². The molecule has 2 atom stereocenters. The van der Waals surface area contributed by atoms with E-state index in [1.165, 1.54) is 4.31 Å². The predicted molar refractivity (Wildman–Crippen MR) is 65.0 cm³/mol. The van der Waals surface area contributed by atoms with E-state index in [-0.39, 0.29) is 24.7 Å². The first kappa shape index (κ1) is 14.6. The molecule has 6 heteroatoms. The van der Waals surface area contributed by atoms with Crippen LogP contribution in [0.5, 0.6) is 0 Å². The van der Waals surface area contributed by atoms with Crippen LogP contribution in [-0.2, 0) is 14.8 Å². The van der Waals surface area contributed by atoms with Crippen molar-refractivity contribution in [1.82, 2.24) is 4.31 Å². The van der Waals surface area contributed by atoms with E-state index >= 15 is 0 Å². The highest BCUT2D eigenvalue weighted by Gasteiger charge is 2.43. The number of ketones is 1. The van der Waals surface area contributed by atoms with Gasteiger partial charge in [-0.2, -0.15) is 4.31 Å². The van der Waals surface area contributed by atoms with Gasteiger partial charge in [-0.1, -0.05) is 13.8 Å². The van der Waals surface area contributed by atoms with Gasteiger partial charge in [0, 0.05) is 12.5 Å². The summed E-state index contributed by atoms with van der Waals surface area (Å²) in [7, 11) is -3.48. The second-order valence-electron chi connectivity index (χ2n) is 5.13. The lowest BCUT2D eigenvalue weighted by molar-refractivity contribution is -0.125. The monoisotopic (exact) mass is 263 g/mol. The Balaban J connectivity index is 3.02. The summed E-state index contributed by atoms with van der Waals surface area (Å²) in [5.74, 6) is -0.346. The van der Waals surface area contributed by atoms with Crippen molar-refractivity contribution in [1.29, 1.82) is 0 Å². The van der Waals surface area contributed by atoms with Gasteiger partial charge in [-0.05, 0) is 20.3 Å². The average molecular weight is 263 g/mol. The van der Waals surface area contributed by atoms with Crippen LogP contribution in [0.25, 0.3) is 0 Å². The predicted octanol–water partition coefficient (Wildman–Crippen LogP) is 0.385. The standard InChI is InChI=1S/C11H21NO4S/c1-7(2)11(14)10-5-9(13)6-12(10)17(15,16)8(3)4/h7-10,13H,5-6H2,1-4H3/t9?,10-/m0/s1. The Bertz CT molecular complexity index is 388. The van der Waals surface area contributed by atoms with Crippen LogP contribution in [0.1, 0.15) is 34.1 Å². The summed E-state index contributed by atoms with van der Waals surface area (Å²) in [5, 5.41) is 9.01. The molecule has 17 heavy (non-hydrogen) atoms. The number of aliphatic hydroxyl groups excluding tert-OH is 1. The maximum absolute atomic E-state index is 12.1. The average Bonchev–Trinajstić information content (AvgIpc) is 2.59. The number of Topliss-reactive ketones (excluding diaryl/α,β-unsaturated/α-hetero) is 1. The lowest BCUT2D eigenvalue weighted by Gasteiger charge is -2.25. The maximum atomic E-state index is 12.1. The van der Waals surface area contributed by atoms with E-state index in [4.69, 9.17) is 0 Å². The third kappa shape index (κ3) is 2.86. The Hall–Kier alpha value is -0.460. The molecule has 0 aromatic rings. The lowest BCUT2D eigenvalue weighted by atomic mass is 10.0. The SMILES string of the molecule is CC(C)C(=O)[C@@H]1CC(O)CN1S(=O)(=O)C(C)C. The molecule has 0 spiro atoms. The molecule has 100 valence electrons. The molecular weight excluding hydrogens is 242 g/mol. The van der Waals surface area contributed by atoms with Crippen LogP contribution in [0.3, 0.4) is 0 Å². The molecule has 0 bridgehead atoms. The first-order valence-electron chi connectivity index (χ1n) is 5.90. The zero-order valence-corrected chi connectivity index (χ0v) is 11.6. The Labute approximate surface area is 103 Å². The molecule has 0 aromatic heterocycles. The summed E-state index contributed by atoms with van der Waals surface area (Å²) in [5.41, 5.74) is 0. The quantitative estimate of drug-likeness (QED) is 0.796. The Morgan fingerprint density at radius 3 is 2.24 bits per heavy atom. The zero-order valence-electron chi connectivity index (χ0n) is 10.8. The highest BCUT2D eigenvalue weighted by atomic mass is 32.2. The Kier molecular flexibility index (Phi) is 4.33. The van der Waals surface area contributed by atoms with Gasteiger partial charge in [-0.25, -0.2) is 8.42 Å². The molecule has 0 amide bonds. The topological polar surface area (TPSA) is 74.7 Å². The number of sulfonamides is 1. The third-order valence-corrected chi connectivity index (χ3v) is 5.30. The molecule has 1 rings (SSSR count). The van der Waals surface area contributed by atoms with Crippen molar-refractivity contribution in [3.05, 3.63) is 0 Å². The molecule has 0 radical (unpaired) electrons. The summed E-state index contributed by atoms with van der Waals surface area (Å²) in [6, 6.07) is -0.697. The summed E-state index contributed by atoms with van der Waals surface area (Å²) in [4.78, 5) is 12.0. The minimum Gasteiger partial charge on any atom is -0.392 e. The number of carbonyl (C=O) groups is 1. The second-order valence-corrected chi connectivity index (χ2v) is 7.57. The van der Waals surface area contributed by atoms with Crippen molar-refractivity contribution >= 4 is 15.8 Å². The largest absolute Gasteiger partial charge is 0.392 e. The second kappa shape index (κ2) is 5.04. The van der Waals surface area contributed by atoms with Gasteiger partial charge in [0.2, 0.25) is 10.0 Å². The van der Waals surface area contributed by atoms with Crippen molar-refractivity contribution in [3.63, 3.8) is 0 Å². The van der Waals surface area contributed by atoms with Crippen LogP contribution in [0, 0.1) is 5.92 Å². The van der Waals surface area contributed by atoms with Gasteiger partial charge in [0.05, 0.1) is 17.4 Å². The minimum absolute atomic E-state index is 0.0314. The number of nitrogens with zero attached hydrogens (tertiary/aromatic N) is 1. The molecule has 1 saturated heterocycles. The van der Waals surface area contributed by atoms with Crippen LogP contribution < -0.4 is 0 Å². The Morgan fingerprint density at radius 2 is 1.82 bits per heavy atom. The normalized spacial score (nSPS) is 27.0. The smallest absolute Gasteiger partial charge is 0.217 e. The fourth-order valence-corrected chi connectivity index (χ4v) is 3.45. The lowest BCUT2D eigenvalue weighted by Crippen LogP contribution is -2.45. The number of carbonyl (C=O) groups excluding carboxylic acids is 1. The molecule has 0 aliphatic carbocycles. The van der Waals surface area contributed by atoms with Gasteiger partial charge in [0.1, 0.15) is 0 Å². The van der Waals surface area contributed by atoms with Gasteiger partial charge in [0.15, 0.2) is 5.78 Å². The van der Waals surface area contributed by atoms with Crippen molar-refractivity contribution < 1.29 is 18.3 Å². The molecule has 1 aliphatic heterocycles. The van der Waals surface area contributed by atoms with Crippen molar-refractivity contribution in [2.24, 2.45) is 5.92 Å². The van der Waals surface area contributed by atoms with E-state index < -0.39 is 27.4 Å². The number of rotatable bonds is 4. The molecule has 1 fully saturated rings. The number of aliphatic hydroxyl groups is 1. The van der Waals surface area contributed by atoms with Crippen LogP contribution in [0.15, 0.2) is 0 Å². The van der Waals surface area contributed by atoms with Crippen molar-refractivity contribution in [3.8, 4) is 0 Å². The molecule has 0 aromatic carbocycles. The number of β-amino-alcohol motifs (C(OH)–C–C–N with tert-alkyl or cyclic N) is 1. The number of hydrogen-bond donors (Lipinski definition) is 1. The summed E-state index contributed by atoms with van der Waals surface area (Å²) >= 11 is 0. The fraction of sp³-hybridized carbons (Fsp3) is 0.909. The molecule has 0 saturated carbocycles. The highest BCUT2D eigenvalue weighted by molar-refractivity contribution is 7.89. The van der Waals surface area contributed by atoms with Crippen LogP contribution in [0.2, 0.25) is 0 Å². The van der Waals surface area contributed by atoms with E-state index in [9.17, 15) is 18.3 Å². The van der Waals surface area contributed by atoms with Gasteiger partial charge in [-0.3, -0.25) is 4.79 Å². The first-order valence-corrected chi connectivity index (χ1v) is 7.40. The van der Waals surface area contributed by atoms with Gasteiger partial charge in [0.25, 0.3) is 0 Å². The van der Waals surface area contributed by atoms with Crippen LogP contribution >= 0.6 is 0 Å². The van der Waals surface area contributed by atoms with E-state index in [1.807, 2.05) is 0 Å². The molecule has 5 nitrogen and oxygen atoms in total. The Morgan fingerprint density at radius 1 is 1.29 bits per heavy atom. The first-order chi connectivity index (χ1) is 7.67. The maximum Gasteiger partial charge on any atom is 0.217 e. The minimum atomic E-state index is -3.48.